The first-order valence-corrected chi connectivity index (χ1v) is 5.03. The monoisotopic (exact) mass is 256 g/mol. The molecule has 14 heavy (non-hydrogen) atoms. The van der Waals surface area contributed by atoms with Gasteiger partial charge >= 0.3 is 5.97 Å². The van der Waals surface area contributed by atoms with E-state index < -0.39 is 0 Å². The molecule has 0 unspecified atom stereocenters. The van der Waals surface area contributed by atoms with Crippen LogP contribution >= 0.6 is 16.3 Å². The summed E-state index contributed by atoms with van der Waals surface area (Å²) in [5.41, 5.74) is 1.86. The minimum atomic E-state index is -0.370. The van der Waals surface area contributed by atoms with Crippen molar-refractivity contribution < 1.29 is 8.62 Å². The number of hydrogen-bond acceptors (Lipinski definition) is 2. The molecule has 1 aromatic carbocycles. The Labute approximate surface area is 92.7 Å². The molecular weight excluding hydrogens is 244 g/mol. The predicted octanol–water partition coefficient (Wildman–Crippen LogP) is 3.45. The highest BCUT2D eigenvalue weighted by atomic mass is 79.9. The predicted molar refractivity (Wildman–Crippen MR) is 59.5 cm³/mol. The summed E-state index contributed by atoms with van der Waals surface area (Å²) in [7, 11) is 0. The molecule has 1 rings (SSSR count). The fourth-order valence-electron chi connectivity index (χ4n) is 1.15. The zero-order chi connectivity index (χ0) is 10.8. The maximum absolute atomic E-state index is 11.1. The maximum atomic E-state index is 11.1. The molecule has 2 nitrogen and oxygen atoms in total. The van der Waals surface area contributed by atoms with Crippen molar-refractivity contribution in [1.29, 1.82) is 0 Å². The van der Waals surface area contributed by atoms with Crippen molar-refractivity contribution in [1.82, 2.24) is 0 Å². The van der Waals surface area contributed by atoms with Gasteiger partial charge in [-0.25, -0.2) is 4.79 Å². The summed E-state index contributed by atoms with van der Waals surface area (Å²) in [6.07, 6.45) is 0. The summed E-state index contributed by atoms with van der Waals surface area (Å²) < 4.78 is 4.44. The van der Waals surface area contributed by atoms with Crippen LogP contribution < -0.4 is 0 Å². The molecule has 0 N–H and O–H groups in total. The largest absolute Gasteiger partial charge is 0.380 e. The first kappa shape index (κ1) is 11.2. The molecule has 0 atom stereocenters. The van der Waals surface area contributed by atoms with Crippen molar-refractivity contribution in [3.63, 3.8) is 0 Å². The van der Waals surface area contributed by atoms with E-state index in [1.165, 1.54) is 5.56 Å². The van der Waals surface area contributed by atoms with E-state index in [9.17, 15) is 4.79 Å². The lowest BCUT2D eigenvalue weighted by Crippen LogP contribution is -2.11. The van der Waals surface area contributed by atoms with Crippen LogP contribution in [0.4, 0.5) is 0 Å². The van der Waals surface area contributed by atoms with Gasteiger partial charge in [0, 0.05) is 0 Å². The molecule has 0 saturated carbocycles. The van der Waals surface area contributed by atoms with E-state index in [2.05, 4.69) is 40.9 Å². The van der Waals surface area contributed by atoms with Gasteiger partial charge in [-0.15, -0.1) is 0 Å². The summed E-state index contributed by atoms with van der Waals surface area (Å²) in [4.78, 5) is 11.1. The van der Waals surface area contributed by atoms with E-state index in [0.29, 0.717) is 5.56 Å². The van der Waals surface area contributed by atoms with Crippen LogP contribution in [-0.2, 0) is 9.24 Å². The van der Waals surface area contributed by atoms with Crippen LogP contribution in [0.25, 0.3) is 0 Å². The van der Waals surface area contributed by atoms with Gasteiger partial charge < -0.3 is 3.83 Å². The number of hydrogen-bond donors (Lipinski definition) is 0. The molecule has 3 heteroatoms. The molecule has 0 radical (unpaired) electrons. The van der Waals surface area contributed by atoms with Crippen molar-refractivity contribution in [2.24, 2.45) is 0 Å². The van der Waals surface area contributed by atoms with Gasteiger partial charge in [-0.3, -0.25) is 0 Å². The van der Waals surface area contributed by atoms with Crippen LogP contribution in [0.15, 0.2) is 24.3 Å². The molecule has 1 aromatic rings. The third-order valence-electron chi connectivity index (χ3n) is 2.06. The molecule has 0 spiro atoms. The highest BCUT2D eigenvalue weighted by Gasteiger charge is 2.14. The summed E-state index contributed by atoms with van der Waals surface area (Å²) in [5.74, 6) is -0.370. The molecule has 0 aliphatic carbocycles. The lowest BCUT2D eigenvalue weighted by molar-refractivity contribution is 0.0782. The smallest absolute Gasteiger partial charge is 0.349 e. The molecule has 0 bridgehead atoms. The lowest BCUT2D eigenvalue weighted by atomic mass is 9.87. The Hall–Kier alpha value is -0.830. The fourth-order valence-corrected chi connectivity index (χ4v) is 1.34. The first-order valence-electron chi connectivity index (χ1n) is 4.38. The molecule has 0 saturated heterocycles. The van der Waals surface area contributed by atoms with Gasteiger partial charge in [0.25, 0.3) is 0 Å². The van der Waals surface area contributed by atoms with Crippen LogP contribution in [0, 0.1) is 0 Å². The van der Waals surface area contributed by atoms with E-state index >= 15 is 0 Å². The number of benzene rings is 1. The van der Waals surface area contributed by atoms with Crippen LogP contribution in [0.2, 0.25) is 0 Å². The Morgan fingerprint density at radius 1 is 1.21 bits per heavy atom. The number of carbonyl (C=O) groups is 1. The highest BCUT2D eigenvalue weighted by Crippen LogP contribution is 2.22. The second-order valence-electron chi connectivity index (χ2n) is 4.19. The van der Waals surface area contributed by atoms with E-state index in [1.54, 1.807) is 12.1 Å². The number of rotatable bonds is 1. The Morgan fingerprint density at radius 2 is 1.71 bits per heavy atom. The van der Waals surface area contributed by atoms with Gasteiger partial charge in [-0.1, -0.05) is 32.9 Å². The molecule has 76 valence electrons. The molecule has 0 amide bonds. The van der Waals surface area contributed by atoms with Crippen LogP contribution in [0.3, 0.4) is 0 Å². The fraction of sp³-hybridized carbons (Fsp3) is 0.364. The summed E-state index contributed by atoms with van der Waals surface area (Å²) in [6, 6.07) is 7.42. The van der Waals surface area contributed by atoms with Crippen molar-refractivity contribution in [3.05, 3.63) is 35.4 Å². The van der Waals surface area contributed by atoms with E-state index in [0.717, 1.165) is 0 Å². The average Bonchev–Trinajstić information content (AvgIpc) is 2.15. The minimum Gasteiger partial charge on any atom is -0.380 e. The van der Waals surface area contributed by atoms with Crippen molar-refractivity contribution in [2.75, 3.05) is 0 Å². The van der Waals surface area contributed by atoms with Crippen molar-refractivity contribution in [2.45, 2.75) is 26.2 Å². The van der Waals surface area contributed by atoms with Crippen molar-refractivity contribution >= 4 is 22.2 Å². The SMILES string of the molecule is CC(C)(C)c1ccc(C(=O)OBr)cc1. The quantitative estimate of drug-likeness (QED) is 0.770. The zero-order valence-electron chi connectivity index (χ0n) is 8.50. The third-order valence-corrected chi connectivity index (χ3v) is 2.35. The van der Waals surface area contributed by atoms with Crippen LogP contribution in [0.5, 0.6) is 0 Å². The Bertz CT molecular complexity index is 322. The molecular formula is C11H13BrO2. The summed E-state index contributed by atoms with van der Waals surface area (Å²) in [6.45, 7) is 6.39. The molecule has 0 aliphatic rings. The topological polar surface area (TPSA) is 26.3 Å². The van der Waals surface area contributed by atoms with E-state index in [1.807, 2.05) is 12.1 Å². The third kappa shape index (κ3) is 2.58. The number of halogens is 1. The van der Waals surface area contributed by atoms with Gasteiger partial charge in [-0.05, 0) is 23.1 Å². The Morgan fingerprint density at radius 3 is 2.07 bits per heavy atom. The Balaban J connectivity index is 2.95. The van der Waals surface area contributed by atoms with E-state index in [-0.39, 0.29) is 11.4 Å². The van der Waals surface area contributed by atoms with E-state index in [4.69, 9.17) is 0 Å². The lowest BCUT2D eigenvalue weighted by Gasteiger charge is -2.18. The van der Waals surface area contributed by atoms with Crippen LogP contribution in [-0.4, -0.2) is 5.97 Å². The van der Waals surface area contributed by atoms with Gasteiger partial charge in [0.05, 0.1) is 5.56 Å². The highest BCUT2D eigenvalue weighted by molar-refractivity contribution is 9.06. The second kappa shape index (κ2) is 4.13. The van der Waals surface area contributed by atoms with Crippen molar-refractivity contribution in [3.8, 4) is 0 Å². The molecule has 0 heterocycles. The van der Waals surface area contributed by atoms with Gasteiger partial charge in [0.1, 0.15) is 0 Å². The van der Waals surface area contributed by atoms with Gasteiger partial charge in [0.2, 0.25) is 0 Å². The maximum Gasteiger partial charge on any atom is 0.349 e. The van der Waals surface area contributed by atoms with Gasteiger partial charge in [-0.2, -0.15) is 0 Å². The van der Waals surface area contributed by atoms with Crippen LogP contribution in [0.1, 0.15) is 36.7 Å². The summed E-state index contributed by atoms with van der Waals surface area (Å²) >= 11 is 2.66. The minimum absolute atomic E-state index is 0.108. The number of carbonyl (C=O) groups excluding carboxylic acids is 1. The second-order valence-corrected chi connectivity index (χ2v) is 4.52. The summed E-state index contributed by atoms with van der Waals surface area (Å²) in [5, 5.41) is 0. The molecule has 0 fully saturated rings. The standard InChI is InChI=1S/C11H13BrO2/c1-11(2,3)9-6-4-8(5-7-9)10(13)14-12/h4-7H,1-3H3. The van der Waals surface area contributed by atoms with Gasteiger partial charge in [0.15, 0.2) is 16.3 Å². The molecule has 0 aromatic heterocycles. The average molecular weight is 257 g/mol. The Kier molecular flexibility index (Phi) is 3.32. The normalized spacial score (nSPS) is 11.1. The first-order chi connectivity index (χ1) is 6.45. The molecule has 0 aliphatic heterocycles. The zero-order valence-corrected chi connectivity index (χ0v) is 10.1.